The Morgan fingerprint density at radius 3 is 2.71 bits per heavy atom. The second-order valence-corrected chi connectivity index (χ2v) is 3.24. The number of nitrogens with one attached hydrogen (secondary N) is 1. The number of hydrogen-bond acceptors (Lipinski definition) is 2. The van der Waals surface area contributed by atoms with Gasteiger partial charge in [-0.2, -0.15) is 0 Å². The minimum absolute atomic E-state index is 0.0403. The van der Waals surface area contributed by atoms with Crippen LogP contribution in [-0.4, -0.2) is 17.7 Å². The summed E-state index contributed by atoms with van der Waals surface area (Å²) in [5.74, 6) is 0. The molecule has 76 valence electrons. The third-order valence-corrected chi connectivity index (χ3v) is 1.89. The highest BCUT2D eigenvalue weighted by Gasteiger charge is 1.94. The van der Waals surface area contributed by atoms with E-state index in [2.05, 4.69) is 18.8 Å². The predicted octanol–water partition coefficient (Wildman–Crippen LogP) is 1.01. The third kappa shape index (κ3) is 3.58. The fourth-order valence-electron chi connectivity index (χ4n) is 1.16. The highest BCUT2D eigenvalue weighted by molar-refractivity contribution is 5.01. The molecule has 0 spiro atoms. The summed E-state index contributed by atoms with van der Waals surface area (Å²) in [5.41, 5.74) is 1.15. The van der Waals surface area contributed by atoms with Gasteiger partial charge in [-0.1, -0.05) is 13.5 Å². The Kier molecular flexibility index (Phi) is 4.13. The number of rotatable bonds is 5. The van der Waals surface area contributed by atoms with Gasteiger partial charge in [-0.3, -0.25) is 4.79 Å². The summed E-state index contributed by atoms with van der Waals surface area (Å²) < 4.78 is 1.95. The minimum Gasteiger partial charge on any atom is -0.350 e. The molecule has 0 aliphatic carbocycles. The Balaban J connectivity index is 2.48. The quantitative estimate of drug-likeness (QED) is 0.707. The lowest BCUT2D eigenvalue weighted by Crippen LogP contribution is -2.18. The molecule has 1 N–H and O–H groups in total. The van der Waals surface area contributed by atoms with Gasteiger partial charge < -0.3 is 9.88 Å². The van der Waals surface area contributed by atoms with Crippen molar-refractivity contribution >= 4 is 0 Å². The van der Waals surface area contributed by atoms with E-state index in [1.54, 1.807) is 24.5 Å². The zero-order chi connectivity index (χ0) is 10.4. The predicted molar refractivity (Wildman–Crippen MR) is 58.4 cm³/mol. The summed E-state index contributed by atoms with van der Waals surface area (Å²) in [4.78, 5) is 10.8. The van der Waals surface area contributed by atoms with E-state index in [9.17, 15) is 4.79 Å². The SMILES string of the molecule is C=C(CNCC)Cn1ccc(=O)cc1. The number of likely N-dealkylation sites (N-methyl/N-ethyl adjacent to an activating group) is 1. The second-order valence-electron chi connectivity index (χ2n) is 3.24. The van der Waals surface area contributed by atoms with Crippen molar-refractivity contribution < 1.29 is 0 Å². The van der Waals surface area contributed by atoms with E-state index in [-0.39, 0.29) is 5.43 Å². The topological polar surface area (TPSA) is 34.0 Å². The lowest BCUT2D eigenvalue weighted by molar-refractivity contribution is 0.701. The molecular formula is C11H16N2O. The van der Waals surface area contributed by atoms with Crippen LogP contribution in [0, 0.1) is 0 Å². The van der Waals surface area contributed by atoms with Crippen LogP contribution in [0.5, 0.6) is 0 Å². The van der Waals surface area contributed by atoms with Gasteiger partial charge >= 0.3 is 0 Å². The summed E-state index contributed by atoms with van der Waals surface area (Å²) in [6.45, 7) is 8.54. The van der Waals surface area contributed by atoms with Gasteiger partial charge in [0, 0.05) is 37.6 Å². The van der Waals surface area contributed by atoms with Gasteiger partial charge in [0.05, 0.1) is 0 Å². The molecule has 1 aromatic heterocycles. The van der Waals surface area contributed by atoms with Crippen molar-refractivity contribution in [2.24, 2.45) is 0 Å². The average molecular weight is 192 g/mol. The molecule has 14 heavy (non-hydrogen) atoms. The molecule has 0 saturated heterocycles. The molecule has 0 atom stereocenters. The second kappa shape index (κ2) is 5.40. The molecule has 0 bridgehead atoms. The summed E-state index contributed by atoms with van der Waals surface area (Å²) in [7, 11) is 0. The smallest absolute Gasteiger partial charge is 0.181 e. The number of hydrogen-bond donors (Lipinski definition) is 1. The number of nitrogens with zero attached hydrogens (tertiary/aromatic N) is 1. The standard InChI is InChI=1S/C11H16N2O/c1-3-12-8-10(2)9-13-6-4-11(14)5-7-13/h4-7,12H,2-3,8-9H2,1H3. The fourth-order valence-corrected chi connectivity index (χ4v) is 1.16. The highest BCUT2D eigenvalue weighted by Crippen LogP contribution is 1.94. The maximum absolute atomic E-state index is 10.8. The van der Waals surface area contributed by atoms with Crippen molar-refractivity contribution in [2.75, 3.05) is 13.1 Å². The molecule has 0 amide bonds. The Morgan fingerprint density at radius 1 is 1.50 bits per heavy atom. The first-order valence-electron chi connectivity index (χ1n) is 4.76. The Morgan fingerprint density at radius 2 is 2.14 bits per heavy atom. The van der Waals surface area contributed by atoms with Gasteiger partial charge in [-0.15, -0.1) is 0 Å². The number of aromatic nitrogens is 1. The fraction of sp³-hybridized carbons (Fsp3) is 0.364. The normalized spacial score (nSPS) is 10.1. The molecule has 3 nitrogen and oxygen atoms in total. The van der Waals surface area contributed by atoms with Crippen molar-refractivity contribution in [3.05, 3.63) is 46.9 Å². The van der Waals surface area contributed by atoms with Gasteiger partial charge in [0.2, 0.25) is 0 Å². The summed E-state index contributed by atoms with van der Waals surface area (Å²) >= 11 is 0. The maximum Gasteiger partial charge on any atom is 0.181 e. The molecule has 0 aliphatic rings. The average Bonchev–Trinajstić information content (AvgIpc) is 2.18. The van der Waals surface area contributed by atoms with Crippen molar-refractivity contribution in [3.8, 4) is 0 Å². The van der Waals surface area contributed by atoms with Crippen LogP contribution in [0.3, 0.4) is 0 Å². The van der Waals surface area contributed by atoms with E-state index >= 15 is 0 Å². The van der Waals surface area contributed by atoms with E-state index in [0.717, 1.165) is 25.2 Å². The van der Waals surface area contributed by atoms with Gasteiger partial charge in [-0.05, 0) is 12.1 Å². The van der Waals surface area contributed by atoms with E-state index in [1.165, 1.54) is 0 Å². The van der Waals surface area contributed by atoms with Crippen molar-refractivity contribution in [2.45, 2.75) is 13.5 Å². The molecule has 1 aromatic rings. The largest absolute Gasteiger partial charge is 0.350 e. The molecular weight excluding hydrogens is 176 g/mol. The zero-order valence-corrected chi connectivity index (χ0v) is 8.49. The first-order valence-corrected chi connectivity index (χ1v) is 4.76. The Labute approximate surface area is 84.1 Å². The van der Waals surface area contributed by atoms with Gasteiger partial charge in [-0.25, -0.2) is 0 Å². The van der Waals surface area contributed by atoms with Crippen LogP contribution in [-0.2, 0) is 6.54 Å². The number of pyridine rings is 1. The van der Waals surface area contributed by atoms with Crippen molar-refractivity contribution in [1.29, 1.82) is 0 Å². The van der Waals surface area contributed by atoms with Crippen LogP contribution in [0.25, 0.3) is 0 Å². The third-order valence-electron chi connectivity index (χ3n) is 1.89. The van der Waals surface area contributed by atoms with E-state index in [1.807, 2.05) is 4.57 Å². The summed E-state index contributed by atoms with van der Waals surface area (Å²) in [5, 5.41) is 3.21. The molecule has 0 fully saturated rings. The first-order chi connectivity index (χ1) is 6.72. The lowest BCUT2D eigenvalue weighted by atomic mass is 10.3. The van der Waals surface area contributed by atoms with Crippen LogP contribution >= 0.6 is 0 Å². The maximum atomic E-state index is 10.8. The van der Waals surface area contributed by atoms with Gasteiger partial charge in [0.15, 0.2) is 5.43 Å². The van der Waals surface area contributed by atoms with Crippen LogP contribution in [0.15, 0.2) is 41.5 Å². The monoisotopic (exact) mass is 192 g/mol. The molecule has 0 radical (unpaired) electrons. The molecule has 1 heterocycles. The minimum atomic E-state index is 0.0403. The molecule has 0 aromatic carbocycles. The molecule has 0 unspecified atom stereocenters. The van der Waals surface area contributed by atoms with E-state index in [0.29, 0.717) is 0 Å². The Hall–Kier alpha value is -1.35. The summed E-state index contributed by atoms with van der Waals surface area (Å²) in [6, 6.07) is 3.11. The Bertz CT molecular complexity index is 334. The van der Waals surface area contributed by atoms with Crippen molar-refractivity contribution in [1.82, 2.24) is 9.88 Å². The zero-order valence-electron chi connectivity index (χ0n) is 8.49. The lowest BCUT2D eigenvalue weighted by Gasteiger charge is -2.08. The molecule has 1 rings (SSSR count). The first kappa shape index (κ1) is 10.7. The van der Waals surface area contributed by atoms with Crippen molar-refractivity contribution in [3.63, 3.8) is 0 Å². The van der Waals surface area contributed by atoms with Gasteiger partial charge in [0.25, 0.3) is 0 Å². The van der Waals surface area contributed by atoms with Crippen LogP contribution in [0.4, 0.5) is 0 Å². The van der Waals surface area contributed by atoms with Crippen LogP contribution in [0.1, 0.15) is 6.92 Å². The molecule has 0 aliphatic heterocycles. The van der Waals surface area contributed by atoms with Gasteiger partial charge in [0.1, 0.15) is 0 Å². The van der Waals surface area contributed by atoms with Crippen LogP contribution < -0.4 is 10.7 Å². The van der Waals surface area contributed by atoms with E-state index < -0.39 is 0 Å². The summed E-state index contributed by atoms with van der Waals surface area (Å²) in [6.07, 6.45) is 3.55. The molecule has 3 heteroatoms. The van der Waals surface area contributed by atoms with E-state index in [4.69, 9.17) is 0 Å². The van der Waals surface area contributed by atoms with Crippen LogP contribution in [0.2, 0.25) is 0 Å². The highest BCUT2D eigenvalue weighted by atomic mass is 16.1. The molecule has 0 saturated carbocycles.